The maximum Gasteiger partial charge on any atom is 0.318 e. The van der Waals surface area contributed by atoms with Crippen molar-refractivity contribution in [1.29, 1.82) is 0 Å². The minimum Gasteiger partial charge on any atom is -0.263 e. The Bertz CT molecular complexity index is 138. The highest BCUT2D eigenvalue weighted by atomic mass is 19.4. The number of nitrogens with zero attached hydrogens (tertiary/aromatic N) is 1. The van der Waals surface area contributed by atoms with Crippen molar-refractivity contribution in [2.45, 2.75) is 0 Å². The van der Waals surface area contributed by atoms with Crippen molar-refractivity contribution >= 4 is 11.8 Å². The average molecular weight is 121 g/mol. The Labute approximate surface area is 43.1 Å². The minimum absolute atomic E-state index is 0.0972. The molecule has 3 nitrogen and oxygen atoms in total. The van der Waals surface area contributed by atoms with Crippen LogP contribution >= 0.6 is 0 Å². The summed E-state index contributed by atoms with van der Waals surface area (Å²) in [4.78, 5) is 18.8. The monoisotopic (exact) mass is 121 g/mol. The SMILES string of the molecule is O=C=CC(=O)N(F)F. The van der Waals surface area contributed by atoms with Crippen molar-refractivity contribution in [3.05, 3.63) is 6.08 Å². The van der Waals surface area contributed by atoms with Gasteiger partial charge in [0.1, 0.15) is 5.94 Å². The summed E-state index contributed by atoms with van der Waals surface area (Å²) in [5.74, 6) is -0.764. The van der Waals surface area contributed by atoms with E-state index < -0.39 is 11.3 Å². The molecule has 0 spiro atoms. The average Bonchev–Trinajstić information content (AvgIpc) is 1.67. The van der Waals surface area contributed by atoms with Crippen LogP contribution in [0.15, 0.2) is 6.08 Å². The van der Waals surface area contributed by atoms with Crippen molar-refractivity contribution in [1.82, 2.24) is 5.34 Å². The van der Waals surface area contributed by atoms with E-state index in [0.717, 1.165) is 5.94 Å². The van der Waals surface area contributed by atoms with Crippen LogP contribution in [0.3, 0.4) is 0 Å². The van der Waals surface area contributed by atoms with E-state index >= 15 is 0 Å². The van der Waals surface area contributed by atoms with E-state index in [2.05, 4.69) is 0 Å². The largest absolute Gasteiger partial charge is 0.318 e. The number of amides is 1. The second-order valence-electron chi connectivity index (χ2n) is 0.833. The number of halogens is 2. The third kappa shape index (κ3) is 2.04. The smallest absolute Gasteiger partial charge is 0.263 e. The molecular formula is C3HF2NO2. The van der Waals surface area contributed by atoms with E-state index in [1.807, 2.05) is 0 Å². The zero-order valence-electron chi connectivity index (χ0n) is 3.60. The van der Waals surface area contributed by atoms with Crippen LogP contribution in [0.2, 0.25) is 0 Å². The highest BCUT2D eigenvalue weighted by Crippen LogP contribution is 1.88. The lowest BCUT2D eigenvalue weighted by molar-refractivity contribution is -0.180. The van der Waals surface area contributed by atoms with Crippen LogP contribution in [-0.2, 0) is 9.59 Å². The van der Waals surface area contributed by atoms with Gasteiger partial charge < -0.3 is 0 Å². The van der Waals surface area contributed by atoms with Gasteiger partial charge in [-0.2, -0.15) is 0 Å². The zero-order chi connectivity index (χ0) is 6.57. The van der Waals surface area contributed by atoms with Gasteiger partial charge in [-0.25, -0.2) is 4.79 Å². The molecule has 5 heteroatoms. The maximum atomic E-state index is 10.9. The van der Waals surface area contributed by atoms with Gasteiger partial charge in [-0.3, -0.25) is 4.79 Å². The van der Waals surface area contributed by atoms with Crippen LogP contribution in [-0.4, -0.2) is 17.2 Å². The van der Waals surface area contributed by atoms with Gasteiger partial charge in [0.2, 0.25) is 0 Å². The lowest BCUT2D eigenvalue weighted by Gasteiger charge is -1.88. The van der Waals surface area contributed by atoms with Crippen LogP contribution in [0.1, 0.15) is 0 Å². The number of carbonyl (C=O) groups is 1. The summed E-state index contributed by atoms with van der Waals surface area (Å²) in [6.45, 7) is 0. The van der Waals surface area contributed by atoms with Crippen molar-refractivity contribution in [2.24, 2.45) is 0 Å². The van der Waals surface area contributed by atoms with Crippen LogP contribution in [0.5, 0.6) is 0 Å². The van der Waals surface area contributed by atoms with Crippen LogP contribution < -0.4 is 0 Å². The zero-order valence-corrected chi connectivity index (χ0v) is 3.60. The molecule has 44 valence electrons. The molecule has 0 aliphatic carbocycles. The molecule has 0 N–H and O–H groups in total. The molecule has 0 aromatic rings. The standard InChI is InChI=1S/C3HF2NO2/c4-6(5)3(8)1-2-7/h1H. The minimum atomic E-state index is -1.70. The first-order valence-electron chi connectivity index (χ1n) is 1.55. The second kappa shape index (κ2) is 2.87. The van der Waals surface area contributed by atoms with Gasteiger partial charge in [-0.15, -0.1) is 0 Å². The number of hydrogen-bond acceptors (Lipinski definition) is 2. The Balaban J connectivity index is 3.84. The molecule has 0 heterocycles. The molecule has 0 unspecified atom stereocenters. The molecule has 0 atom stereocenters. The first-order valence-corrected chi connectivity index (χ1v) is 1.55. The molecule has 0 bridgehead atoms. The fourth-order valence-electron chi connectivity index (χ4n) is 0.0992. The Kier molecular flexibility index (Phi) is 2.43. The van der Waals surface area contributed by atoms with E-state index in [9.17, 15) is 13.8 Å². The van der Waals surface area contributed by atoms with E-state index in [-0.39, 0.29) is 6.08 Å². The predicted molar refractivity (Wildman–Crippen MR) is 19.3 cm³/mol. The van der Waals surface area contributed by atoms with Gasteiger partial charge in [0.15, 0.2) is 0 Å². The number of carbonyl (C=O) groups excluding carboxylic acids is 2. The van der Waals surface area contributed by atoms with Crippen molar-refractivity contribution in [3.63, 3.8) is 0 Å². The predicted octanol–water partition coefficient (Wildman–Crippen LogP) is -0.0282. The van der Waals surface area contributed by atoms with Gasteiger partial charge in [0.05, 0.1) is 6.08 Å². The molecular weight excluding hydrogens is 120 g/mol. The molecule has 0 fully saturated rings. The highest BCUT2D eigenvalue weighted by molar-refractivity contribution is 5.92. The molecule has 0 radical (unpaired) electrons. The van der Waals surface area contributed by atoms with Crippen molar-refractivity contribution in [2.75, 3.05) is 0 Å². The molecule has 0 aliphatic heterocycles. The van der Waals surface area contributed by atoms with Gasteiger partial charge in [0, 0.05) is 5.34 Å². The van der Waals surface area contributed by atoms with Crippen LogP contribution in [0, 0.1) is 0 Å². The summed E-state index contributed by atoms with van der Waals surface area (Å²) < 4.78 is 21.8. The summed E-state index contributed by atoms with van der Waals surface area (Å²) in [6.07, 6.45) is 0.0972. The Hall–Kier alpha value is -1.22. The molecule has 0 rings (SSSR count). The molecule has 0 aromatic carbocycles. The molecule has 0 aromatic heterocycles. The summed E-state index contributed by atoms with van der Waals surface area (Å²) in [7, 11) is 0. The van der Waals surface area contributed by atoms with Gasteiger partial charge >= 0.3 is 5.91 Å². The lowest BCUT2D eigenvalue weighted by Crippen LogP contribution is -2.09. The summed E-state index contributed by atoms with van der Waals surface area (Å²) in [5, 5.41) is -1.70. The Morgan fingerprint density at radius 1 is 1.62 bits per heavy atom. The highest BCUT2D eigenvalue weighted by Gasteiger charge is 2.05. The first kappa shape index (κ1) is 6.78. The summed E-state index contributed by atoms with van der Waals surface area (Å²) in [5.41, 5.74) is 0. The number of hydrogen-bond donors (Lipinski definition) is 0. The third-order valence-corrected chi connectivity index (χ3v) is 0.349. The summed E-state index contributed by atoms with van der Waals surface area (Å²) in [6, 6.07) is 0. The van der Waals surface area contributed by atoms with Crippen molar-refractivity contribution < 1.29 is 18.6 Å². The summed E-state index contributed by atoms with van der Waals surface area (Å²) >= 11 is 0. The fraction of sp³-hybridized carbons (Fsp3) is 0. The van der Waals surface area contributed by atoms with Gasteiger partial charge in [-0.1, -0.05) is 8.96 Å². The lowest BCUT2D eigenvalue weighted by atomic mass is 10.6. The Morgan fingerprint density at radius 3 is 2.25 bits per heavy atom. The molecule has 0 aliphatic rings. The molecule has 1 amide bonds. The van der Waals surface area contributed by atoms with E-state index in [1.54, 1.807) is 0 Å². The molecule has 0 saturated heterocycles. The third-order valence-electron chi connectivity index (χ3n) is 0.349. The van der Waals surface area contributed by atoms with E-state index in [0.29, 0.717) is 0 Å². The van der Waals surface area contributed by atoms with E-state index in [4.69, 9.17) is 4.79 Å². The van der Waals surface area contributed by atoms with Crippen LogP contribution in [0.25, 0.3) is 0 Å². The molecule has 8 heavy (non-hydrogen) atoms. The van der Waals surface area contributed by atoms with E-state index in [1.165, 1.54) is 0 Å². The van der Waals surface area contributed by atoms with Crippen LogP contribution in [0.4, 0.5) is 8.96 Å². The van der Waals surface area contributed by atoms with Gasteiger partial charge in [0.25, 0.3) is 0 Å². The van der Waals surface area contributed by atoms with Crippen molar-refractivity contribution in [3.8, 4) is 0 Å². The fourth-order valence-corrected chi connectivity index (χ4v) is 0.0992. The first-order chi connectivity index (χ1) is 3.68. The number of rotatable bonds is 1. The normalized spacial score (nSPS) is 7.25. The quantitative estimate of drug-likeness (QED) is 0.277. The topological polar surface area (TPSA) is 37.4 Å². The second-order valence-corrected chi connectivity index (χ2v) is 0.833. The molecule has 0 saturated carbocycles. The van der Waals surface area contributed by atoms with Gasteiger partial charge in [-0.05, 0) is 0 Å². The Morgan fingerprint density at radius 2 is 2.12 bits per heavy atom. The maximum absolute atomic E-state index is 10.9.